The molecule has 5 heteroatoms. The molecule has 0 unspecified atom stereocenters. The molecular formula is C32H38O3Si2. The van der Waals surface area contributed by atoms with Crippen molar-refractivity contribution < 1.29 is 13.0 Å². The van der Waals surface area contributed by atoms with Gasteiger partial charge in [0.1, 0.15) is 0 Å². The van der Waals surface area contributed by atoms with Crippen LogP contribution in [0.4, 0.5) is 0 Å². The van der Waals surface area contributed by atoms with Crippen LogP contribution in [0.1, 0.15) is 39.5 Å². The lowest BCUT2D eigenvalue weighted by molar-refractivity contribution is 0.116. The molecule has 0 aliphatic rings. The van der Waals surface area contributed by atoms with Gasteiger partial charge in [0.05, 0.1) is 0 Å². The monoisotopic (exact) mass is 526 g/mol. The van der Waals surface area contributed by atoms with Crippen LogP contribution in [0.3, 0.4) is 0 Å². The molecule has 4 aromatic rings. The van der Waals surface area contributed by atoms with E-state index in [0.29, 0.717) is 13.2 Å². The molecule has 0 atom stereocenters. The molecular weight excluding hydrogens is 489 g/mol. The fourth-order valence-electron chi connectivity index (χ4n) is 4.57. The summed E-state index contributed by atoms with van der Waals surface area (Å²) in [5, 5.41) is 4.55. The molecule has 4 rings (SSSR count). The number of hydrogen-bond acceptors (Lipinski definition) is 3. The van der Waals surface area contributed by atoms with Crippen molar-refractivity contribution in [1.29, 1.82) is 0 Å². The van der Waals surface area contributed by atoms with Gasteiger partial charge in [0.25, 0.3) is 8.32 Å². The van der Waals surface area contributed by atoms with Crippen molar-refractivity contribution in [3.05, 3.63) is 121 Å². The SMILES string of the molecule is CCCCO[Si](OCCCC)(O[Si](c1ccccc1)(c1ccccc1)c1ccccc1)c1ccccc1. The molecule has 0 bridgehead atoms. The smallest absolute Gasteiger partial charge is 0.400 e. The molecule has 0 N–H and O–H groups in total. The summed E-state index contributed by atoms with van der Waals surface area (Å²) in [6, 6.07) is 42.4. The highest BCUT2D eigenvalue weighted by atomic mass is 28.5. The van der Waals surface area contributed by atoms with E-state index < -0.39 is 17.1 Å². The third-order valence-electron chi connectivity index (χ3n) is 6.54. The van der Waals surface area contributed by atoms with Gasteiger partial charge < -0.3 is 13.0 Å². The molecule has 0 aromatic heterocycles. The summed E-state index contributed by atoms with van der Waals surface area (Å²) in [5.74, 6) is 0. The minimum Gasteiger partial charge on any atom is -0.400 e. The predicted molar refractivity (Wildman–Crippen MR) is 159 cm³/mol. The zero-order valence-electron chi connectivity index (χ0n) is 22.0. The maximum absolute atomic E-state index is 7.70. The summed E-state index contributed by atoms with van der Waals surface area (Å²) in [7, 11) is -6.42. The van der Waals surface area contributed by atoms with E-state index in [1.807, 2.05) is 6.07 Å². The van der Waals surface area contributed by atoms with E-state index in [2.05, 4.69) is 129 Å². The van der Waals surface area contributed by atoms with Crippen LogP contribution in [-0.2, 0) is 13.0 Å². The summed E-state index contributed by atoms with van der Waals surface area (Å²) in [6.07, 6.45) is 4.01. The Hall–Kier alpha value is -2.81. The van der Waals surface area contributed by atoms with Crippen LogP contribution in [0.25, 0.3) is 0 Å². The molecule has 0 radical (unpaired) electrons. The van der Waals surface area contributed by atoms with Gasteiger partial charge in [-0.2, -0.15) is 0 Å². The Morgan fingerprint density at radius 3 is 1.11 bits per heavy atom. The predicted octanol–water partition coefficient (Wildman–Crippen LogP) is 5.15. The standard InChI is InChI=1S/C32H38O3Si2/c1-3-5-27-33-37(34-28-6-4-2,32-25-17-10-18-26-32)35-36(29-19-11-7-12-20-29,30-21-13-8-14-22-30)31-23-15-9-16-24-31/h7-26H,3-6,27-28H2,1-2H3. The van der Waals surface area contributed by atoms with Gasteiger partial charge in [-0.3, -0.25) is 0 Å². The van der Waals surface area contributed by atoms with E-state index in [0.717, 1.165) is 30.9 Å². The first-order valence-electron chi connectivity index (χ1n) is 13.5. The average molecular weight is 527 g/mol. The Balaban J connectivity index is 1.98. The van der Waals surface area contributed by atoms with Crippen LogP contribution in [0.5, 0.6) is 0 Å². The van der Waals surface area contributed by atoms with E-state index in [-0.39, 0.29) is 0 Å². The average Bonchev–Trinajstić information content (AvgIpc) is 2.98. The number of rotatable bonds is 14. The highest BCUT2D eigenvalue weighted by Gasteiger charge is 2.54. The number of unbranched alkanes of at least 4 members (excludes halogenated alkanes) is 2. The molecule has 0 aliphatic heterocycles. The third-order valence-corrected chi connectivity index (χ3v) is 14.5. The summed E-state index contributed by atoms with van der Waals surface area (Å²) in [6.45, 7) is 5.58. The first-order chi connectivity index (χ1) is 18.2. The van der Waals surface area contributed by atoms with Crippen LogP contribution in [0.15, 0.2) is 121 Å². The summed E-state index contributed by atoms with van der Waals surface area (Å²) >= 11 is 0. The van der Waals surface area contributed by atoms with E-state index in [4.69, 9.17) is 13.0 Å². The van der Waals surface area contributed by atoms with Gasteiger partial charge in [0.2, 0.25) is 0 Å². The molecule has 0 saturated carbocycles. The second-order valence-corrected chi connectivity index (χ2v) is 15.4. The van der Waals surface area contributed by atoms with Crippen molar-refractivity contribution in [2.75, 3.05) is 13.2 Å². The fourth-order valence-corrected chi connectivity index (χ4v) is 13.4. The zero-order chi connectivity index (χ0) is 25.8. The topological polar surface area (TPSA) is 27.7 Å². The van der Waals surface area contributed by atoms with Gasteiger partial charge >= 0.3 is 8.80 Å². The van der Waals surface area contributed by atoms with Crippen LogP contribution in [-0.4, -0.2) is 30.3 Å². The lowest BCUT2D eigenvalue weighted by Gasteiger charge is -2.41. The van der Waals surface area contributed by atoms with Crippen LogP contribution in [0.2, 0.25) is 0 Å². The molecule has 3 nitrogen and oxygen atoms in total. The minimum absolute atomic E-state index is 0.604. The van der Waals surface area contributed by atoms with Crippen molar-refractivity contribution in [2.45, 2.75) is 39.5 Å². The molecule has 4 aromatic carbocycles. The molecule has 0 fully saturated rings. The van der Waals surface area contributed by atoms with Gasteiger partial charge in [-0.05, 0) is 28.4 Å². The third kappa shape index (κ3) is 6.37. The highest BCUT2D eigenvalue weighted by Crippen LogP contribution is 2.21. The molecule has 192 valence electrons. The van der Waals surface area contributed by atoms with Gasteiger partial charge in [-0.15, -0.1) is 0 Å². The molecule has 37 heavy (non-hydrogen) atoms. The Labute approximate surface area is 224 Å². The van der Waals surface area contributed by atoms with E-state index in [9.17, 15) is 0 Å². The fraction of sp³-hybridized carbons (Fsp3) is 0.250. The van der Waals surface area contributed by atoms with Crippen molar-refractivity contribution in [1.82, 2.24) is 0 Å². The van der Waals surface area contributed by atoms with Crippen LogP contribution < -0.4 is 20.7 Å². The molecule has 0 saturated heterocycles. The largest absolute Gasteiger partial charge is 0.527 e. The van der Waals surface area contributed by atoms with Crippen molar-refractivity contribution >= 4 is 37.9 Å². The summed E-state index contributed by atoms with van der Waals surface area (Å²) < 4.78 is 21.4. The highest BCUT2D eigenvalue weighted by molar-refractivity contribution is 7.10. The van der Waals surface area contributed by atoms with Gasteiger partial charge in [0.15, 0.2) is 0 Å². The van der Waals surface area contributed by atoms with Crippen molar-refractivity contribution in [3.8, 4) is 0 Å². The molecule has 0 amide bonds. The number of hydrogen-bond donors (Lipinski definition) is 0. The summed E-state index contributed by atoms with van der Waals surface area (Å²) in [4.78, 5) is 0. The first-order valence-corrected chi connectivity index (χ1v) is 17.1. The zero-order valence-corrected chi connectivity index (χ0v) is 24.0. The van der Waals surface area contributed by atoms with E-state index in [1.165, 1.54) is 15.6 Å². The second kappa shape index (κ2) is 13.7. The van der Waals surface area contributed by atoms with Gasteiger partial charge in [0, 0.05) is 18.4 Å². The Bertz CT molecular complexity index is 1070. The normalized spacial score (nSPS) is 11.9. The second-order valence-electron chi connectivity index (χ2n) is 9.21. The first kappa shape index (κ1) is 27.2. The molecule has 0 aliphatic carbocycles. The molecule has 0 spiro atoms. The Morgan fingerprint density at radius 2 is 0.784 bits per heavy atom. The summed E-state index contributed by atoms with van der Waals surface area (Å²) in [5.41, 5.74) is 0. The van der Waals surface area contributed by atoms with Gasteiger partial charge in [-0.25, -0.2) is 0 Å². The maximum Gasteiger partial charge on any atom is 0.527 e. The quantitative estimate of drug-likeness (QED) is 0.129. The minimum atomic E-state index is -3.37. The van der Waals surface area contributed by atoms with Gasteiger partial charge in [-0.1, -0.05) is 148 Å². The lowest BCUT2D eigenvalue weighted by Crippen LogP contribution is -2.76. The van der Waals surface area contributed by atoms with Crippen LogP contribution in [0, 0.1) is 0 Å². The van der Waals surface area contributed by atoms with Crippen molar-refractivity contribution in [2.24, 2.45) is 0 Å². The van der Waals surface area contributed by atoms with Crippen LogP contribution >= 0.6 is 0 Å². The number of benzene rings is 4. The van der Waals surface area contributed by atoms with Crippen molar-refractivity contribution in [3.63, 3.8) is 0 Å². The lowest BCUT2D eigenvalue weighted by atomic mass is 10.3. The maximum atomic E-state index is 7.70. The van der Waals surface area contributed by atoms with E-state index >= 15 is 0 Å². The van der Waals surface area contributed by atoms with E-state index in [1.54, 1.807) is 0 Å². The molecule has 0 heterocycles. The Kier molecular flexibility index (Phi) is 10.1. The Morgan fingerprint density at radius 1 is 0.459 bits per heavy atom.